The normalized spacial score (nSPS) is 10.4. The Morgan fingerprint density at radius 2 is 2.21 bits per heavy atom. The standard InChI is InChI=1S/C11H17NOS/c1-9-5-3-6-10(11(9)12)14-8-4-7-13-2/h3,5-6H,4,7-8,12H2,1-2H3. The molecule has 1 aromatic carbocycles. The van der Waals surface area contributed by atoms with E-state index in [-0.39, 0.29) is 0 Å². The van der Waals surface area contributed by atoms with E-state index in [0.717, 1.165) is 30.0 Å². The molecule has 0 radical (unpaired) electrons. The lowest BCUT2D eigenvalue weighted by atomic mass is 10.2. The summed E-state index contributed by atoms with van der Waals surface area (Å²) >= 11 is 1.80. The molecule has 0 aliphatic carbocycles. The molecule has 0 spiro atoms. The zero-order valence-electron chi connectivity index (χ0n) is 8.75. The summed E-state index contributed by atoms with van der Waals surface area (Å²) in [5.41, 5.74) is 8.01. The van der Waals surface area contributed by atoms with Crippen LogP contribution in [0, 0.1) is 6.92 Å². The summed E-state index contributed by atoms with van der Waals surface area (Å²) in [5.74, 6) is 1.06. The Morgan fingerprint density at radius 1 is 1.43 bits per heavy atom. The highest BCUT2D eigenvalue weighted by Crippen LogP contribution is 2.27. The van der Waals surface area contributed by atoms with Gasteiger partial charge in [-0.2, -0.15) is 0 Å². The van der Waals surface area contributed by atoms with Gasteiger partial charge in [-0.05, 0) is 25.0 Å². The van der Waals surface area contributed by atoms with Crippen LogP contribution in [0.25, 0.3) is 0 Å². The summed E-state index contributed by atoms with van der Waals surface area (Å²) in [4.78, 5) is 1.18. The Balaban J connectivity index is 2.46. The minimum atomic E-state index is 0.818. The number of methoxy groups -OCH3 is 1. The van der Waals surface area contributed by atoms with Crippen LogP contribution < -0.4 is 5.73 Å². The molecule has 0 aliphatic heterocycles. The van der Waals surface area contributed by atoms with Gasteiger partial charge in [0.2, 0.25) is 0 Å². The van der Waals surface area contributed by atoms with E-state index in [1.165, 1.54) is 4.90 Å². The molecule has 0 saturated heterocycles. The van der Waals surface area contributed by atoms with Crippen molar-refractivity contribution in [2.24, 2.45) is 0 Å². The highest BCUT2D eigenvalue weighted by atomic mass is 32.2. The van der Waals surface area contributed by atoms with Gasteiger partial charge in [-0.15, -0.1) is 11.8 Å². The van der Waals surface area contributed by atoms with Crippen LogP contribution in [-0.4, -0.2) is 19.5 Å². The topological polar surface area (TPSA) is 35.2 Å². The van der Waals surface area contributed by atoms with Crippen LogP contribution in [0.2, 0.25) is 0 Å². The zero-order valence-corrected chi connectivity index (χ0v) is 9.56. The molecule has 14 heavy (non-hydrogen) atoms. The Kier molecular flexibility index (Phi) is 4.84. The predicted molar refractivity (Wildman–Crippen MR) is 62.8 cm³/mol. The van der Waals surface area contributed by atoms with E-state index in [4.69, 9.17) is 10.5 Å². The highest BCUT2D eigenvalue weighted by molar-refractivity contribution is 7.99. The number of nitrogen functional groups attached to an aromatic ring is 1. The van der Waals surface area contributed by atoms with Gasteiger partial charge in [0.05, 0.1) is 0 Å². The SMILES string of the molecule is COCCCSc1cccc(C)c1N. The van der Waals surface area contributed by atoms with Crippen LogP contribution in [0.1, 0.15) is 12.0 Å². The molecular weight excluding hydrogens is 194 g/mol. The van der Waals surface area contributed by atoms with Crippen molar-refractivity contribution < 1.29 is 4.74 Å². The molecule has 2 N–H and O–H groups in total. The van der Waals surface area contributed by atoms with Gasteiger partial charge in [0.25, 0.3) is 0 Å². The zero-order chi connectivity index (χ0) is 10.4. The highest BCUT2D eigenvalue weighted by Gasteiger charge is 2.01. The molecule has 0 bridgehead atoms. The van der Waals surface area contributed by atoms with Crippen LogP contribution in [0.5, 0.6) is 0 Å². The molecule has 0 amide bonds. The van der Waals surface area contributed by atoms with Gasteiger partial charge < -0.3 is 10.5 Å². The Labute approximate surface area is 89.8 Å². The summed E-state index contributed by atoms with van der Waals surface area (Å²) in [6, 6.07) is 6.15. The van der Waals surface area contributed by atoms with Crippen LogP contribution in [-0.2, 0) is 4.74 Å². The molecule has 1 aromatic rings. The number of ether oxygens (including phenoxy) is 1. The van der Waals surface area contributed by atoms with Crippen LogP contribution in [0.4, 0.5) is 5.69 Å². The summed E-state index contributed by atoms with van der Waals surface area (Å²) in [7, 11) is 1.73. The van der Waals surface area contributed by atoms with Crippen LogP contribution in [0.3, 0.4) is 0 Å². The number of aryl methyl sites for hydroxylation is 1. The maximum absolute atomic E-state index is 5.95. The summed E-state index contributed by atoms with van der Waals surface area (Å²) in [5, 5.41) is 0. The number of thioether (sulfide) groups is 1. The smallest absolute Gasteiger partial charge is 0.0481 e. The van der Waals surface area contributed by atoms with Gasteiger partial charge in [-0.3, -0.25) is 0 Å². The van der Waals surface area contributed by atoms with Gasteiger partial charge in [0, 0.05) is 30.1 Å². The number of rotatable bonds is 5. The fraction of sp³-hybridized carbons (Fsp3) is 0.455. The maximum Gasteiger partial charge on any atom is 0.0481 e. The number of para-hydroxylation sites is 1. The molecule has 78 valence electrons. The van der Waals surface area contributed by atoms with Gasteiger partial charge >= 0.3 is 0 Å². The molecule has 0 aliphatic rings. The first kappa shape index (κ1) is 11.4. The van der Waals surface area contributed by atoms with Crippen LogP contribution >= 0.6 is 11.8 Å². The van der Waals surface area contributed by atoms with Gasteiger partial charge in [0.15, 0.2) is 0 Å². The van der Waals surface area contributed by atoms with E-state index in [1.807, 2.05) is 19.1 Å². The molecule has 1 rings (SSSR count). The third kappa shape index (κ3) is 3.24. The number of hydrogen-bond donors (Lipinski definition) is 1. The summed E-state index contributed by atoms with van der Waals surface area (Å²) < 4.78 is 4.99. The Morgan fingerprint density at radius 3 is 2.93 bits per heavy atom. The van der Waals surface area contributed by atoms with E-state index in [2.05, 4.69) is 6.07 Å². The van der Waals surface area contributed by atoms with Crippen molar-refractivity contribution in [3.63, 3.8) is 0 Å². The minimum absolute atomic E-state index is 0.818. The van der Waals surface area contributed by atoms with E-state index >= 15 is 0 Å². The fourth-order valence-electron chi connectivity index (χ4n) is 1.16. The first-order valence-corrected chi connectivity index (χ1v) is 5.71. The fourth-order valence-corrected chi connectivity index (χ4v) is 2.14. The van der Waals surface area contributed by atoms with Gasteiger partial charge in [-0.25, -0.2) is 0 Å². The van der Waals surface area contributed by atoms with Crippen molar-refractivity contribution in [3.05, 3.63) is 23.8 Å². The van der Waals surface area contributed by atoms with Crippen molar-refractivity contribution in [2.45, 2.75) is 18.2 Å². The molecule has 0 atom stereocenters. The summed E-state index contributed by atoms with van der Waals surface area (Å²) in [6.45, 7) is 2.85. The second kappa shape index (κ2) is 5.94. The van der Waals surface area contributed by atoms with E-state index < -0.39 is 0 Å². The van der Waals surface area contributed by atoms with Crippen molar-refractivity contribution in [1.82, 2.24) is 0 Å². The number of anilines is 1. The molecule has 0 heterocycles. The molecule has 0 aromatic heterocycles. The third-order valence-corrected chi connectivity index (χ3v) is 3.19. The van der Waals surface area contributed by atoms with E-state index in [9.17, 15) is 0 Å². The largest absolute Gasteiger partial charge is 0.398 e. The second-order valence-corrected chi connectivity index (χ2v) is 4.32. The predicted octanol–water partition coefficient (Wildman–Crippen LogP) is 2.71. The maximum atomic E-state index is 5.95. The van der Waals surface area contributed by atoms with Crippen molar-refractivity contribution >= 4 is 17.4 Å². The van der Waals surface area contributed by atoms with Crippen molar-refractivity contribution in [3.8, 4) is 0 Å². The van der Waals surface area contributed by atoms with Gasteiger partial charge in [0.1, 0.15) is 0 Å². The first-order valence-electron chi connectivity index (χ1n) is 4.72. The second-order valence-electron chi connectivity index (χ2n) is 3.18. The minimum Gasteiger partial charge on any atom is -0.398 e. The molecular formula is C11H17NOS. The molecule has 2 nitrogen and oxygen atoms in total. The Bertz CT molecular complexity index is 289. The molecule has 0 saturated carbocycles. The van der Waals surface area contributed by atoms with Gasteiger partial charge in [-0.1, -0.05) is 12.1 Å². The first-order chi connectivity index (χ1) is 6.75. The lowest BCUT2D eigenvalue weighted by molar-refractivity contribution is 0.200. The van der Waals surface area contributed by atoms with Crippen molar-refractivity contribution in [2.75, 3.05) is 25.2 Å². The lowest BCUT2D eigenvalue weighted by Gasteiger charge is -2.07. The van der Waals surface area contributed by atoms with Crippen LogP contribution in [0.15, 0.2) is 23.1 Å². The average molecular weight is 211 g/mol. The molecule has 0 fully saturated rings. The summed E-state index contributed by atoms with van der Waals surface area (Å²) in [6.07, 6.45) is 1.06. The van der Waals surface area contributed by atoms with E-state index in [0.29, 0.717) is 0 Å². The monoisotopic (exact) mass is 211 g/mol. The third-order valence-electron chi connectivity index (χ3n) is 2.03. The number of hydrogen-bond acceptors (Lipinski definition) is 3. The number of benzene rings is 1. The quantitative estimate of drug-likeness (QED) is 0.462. The average Bonchev–Trinajstić information content (AvgIpc) is 2.19. The Hall–Kier alpha value is -0.670. The molecule has 0 unspecified atom stereocenters. The molecule has 3 heteroatoms. The van der Waals surface area contributed by atoms with Crippen molar-refractivity contribution in [1.29, 1.82) is 0 Å². The lowest BCUT2D eigenvalue weighted by Crippen LogP contribution is -1.94. The van der Waals surface area contributed by atoms with E-state index in [1.54, 1.807) is 18.9 Å². The number of nitrogens with two attached hydrogens (primary N) is 1.